The number of anilines is 1. The molecule has 8 nitrogen and oxygen atoms in total. The Kier molecular flexibility index (Phi) is 6.88. The zero-order valence-electron chi connectivity index (χ0n) is 16.8. The second kappa shape index (κ2) is 9.06. The molecule has 2 aliphatic rings. The summed E-state index contributed by atoms with van der Waals surface area (Å²) in [5.41, 5.74) is -0.774. The predicted molar refractivity (Wildman–Crippen MR) is 106 cm³/mol. The molecule has 0 aromatic carbocycles. The van der Waals surface area contributed by atoms with Crippen molar-refractivity contribution in [3.63, 3.8) is 0 Å². The van der Waals surface area contributed by atoms with E-state index in [1.165, 1.54) is 16.6 Å². The van der Waals surface area contributed by atoms with Crippen molar-refractivity contribution in [2.75, 3.05) is 70.1 Å². The number of sulfonamides is 1. The Morgan fingerprint density at radius 3 is 2.30 bits per heavy atom. The summed E-state index contributed by atoms with van der Waals surface area (Å²) in [5.74, 6) is 0.456. The lowest BCUT2D eigenvalue weighted by molar-refractivity contribution is -0.137. The minimum atomic E-state index is -4.41. The van der Waals surface area contributed by atoms with Gasteiger partial charge in [-0.05, 0) is 18.6 Å². The van der Waals surface area contributed by atoms with E-state index >= 15 is 0 Å². The van der Waals surface area contributed by atoms with Crippen molar-refractivity contribution >= 4 is 21.7 Å². The van der Waals surface area contributed by atoms with Crippen LogP contribution >= 0.6 is 0 Å². The molecule has 2 fully saturated rings. The molecule has 30 heavy (non-hydrogen) atoms. The highest BCUT2D eigenvalue weighted by atomic mass is 32.2. The lowest BCUT2D eigenvalue weighted by atomic mass is 10.2. The molecular formula is C18H26F3N5O3S. The van der Waals surface area contributed by atoms with Gasteiger partial charge < -0.3 is 9.80 Å². The van der Waals surface area contributed by atoms with Crippen molar-refractivity contribution in [2.24, 2.45) is 0 Å². The van der Waals surface area contributed by atoms with Gasteiger partial charge in [0.15, 0.2) is 0 Å². The van der Waals surface area contributed by atoms with Crippen LogP contribution in [0.5, 0.6) is 0 Å². The third-order valence-electron chi connectivity index (χ3n) is 5.41. The van der Waals surface area contributed by atoms with Crippen molar-refractivity contribution < 1.29 is 26.4 Å². The van der Waals surface area contributed by atoms with Crippen LogP contribution in [0.2, 0.25) is 0 Å². The van der Waals surface area contributed by atoms with Crippen LogP contribution in [0.3, 0.4) is 0 Å². The number of pyridine rings is 1. The van der Waals surface area contributed by atoms with Gasteiger partial charge in [0.25, 0.3) is 0 Å². The summed E-state index contributed by atoms with van der Waals surface area (Å²) in [6, 6.07) is 2.41. The van der Waals surface area contributed by atoms with E-state index in [4.69, 9.17) is 0 Å². The Balaban J connectivity index is 1.50. The second-order valence-electron chi connectivity index (χ2n) is 7.56. The van der Waals surface area contributed by atoms with Gasteiger partial charge in [0.2, 0.25) is 15.9 Å². The molecule has 3 rings (SSSR count). The molecule has 0 unspecified atom stereocenters. The molecule has 0 spiro atoms. The van der Waals surface area contributed by atoms with E-state index in [0.29, 0.717) is 58.2 Å². The molecule has 0 bridgehead atoms. The van der Waals surface area contributed by atoms with Gasteiger partial charge in [0.1, 0.15) is 5.82 Å². The lowest BCUT2D eigenvalue weighted by Crippen LogP contribution is -2.52. The maximum Gasteiger partial charge on any atom is 0.417 e. The zero-order valence-corrected chi connectivity index (χ0v) is 17.6. The first kappa shape index (κ1) is 22.8. The van der Waals surface area contributed by atoms with Gasteiger partial charge in [-0.15, -0.1) is 0 Å². The fourth-order valence-corrected chi connectivity index (χ4v) is 4.49. The fourth-order valence-electron chi connectivity index (χ4n) is 3.66. The summed E-state index contributed by atoms with van der Waals surface area (Å²) < 4.78 is 62.6. The summed E-state index contributed by atoms with van der Waals surface area (Å²) in [7, 11) is -3.24. The van der Waals surface area contributed by atoms with E-state index in [0.717, 1.165) is 18.7 Å². The first-order chi connectivity index (χ1) is 14.0. The number of hydrogen-bond acceptors (Lipinski definition) is 6. The SMILES string of the molecule is CS(=O)(=O)N1CCN(C(=O)CN2CCCN(c3ccc(C(F)(F)F)cn3)CC2)CC1. The van der Waals surface area contributed by atoms with Crippen LogP contribution in [-0.4, -0.2) is 98.6 Å². The number of rotatable bonds is 4. The van der Waals surface area contributed by atoms with Crippen LogP contribution in [0.25, 0.3) is 0 Å². The van der Waals surface area contributed by atoms with Crippen molar-refractivity contribution in [3.8, 4) is 0 Å². The fraction of sp³-hybridized carbons (Fsp3) is 0.667. The number of carbonyl (C=O) groups is 1. The Hall–Kier alpha value is -1.92. The molecule has 0 atom stereocenters. The van der Waals surface area contributed by atoms with E-state index in [-0.39, 0.29) is 12.5 Å². The number of aromatic nitrogens is 1. The number of piperazine rings is 1. The number of nitrogens with zero attached hydrogens (tertiary/aromatic N) is 5. The number of amides is 1. The molecular weight excluding hydrogens is 423 g/mol. The number of carbonyl (C=O) groups excluding carboxylic acids is 1. The highest BCUT2D eigenvalue weighted by molar-refractivity contribution is 7.88. The topological polar surface area (TPSA) is 77.1 Å². The zero-order chi connectivity index (χ0) is 21.9. The smallest absolute Gasteiger partial charge is 0.355 e. The Morgan fingerprint density at radius 2 is 1.73 bits per heavy atom. The van der Waals surface area contributed by atoms with Gasteiger partial charge in [-0.25, -0.2) is 13.4 Å². The van der Waals surface area contributed by atoms with Crippen molar-refractivity contribution in [2.45, 2.75) is 12.6 Å². The molecule has 2 aliphatic heterocycles. The highest BCUT2D eigenvalue weighted by Gasteiger charge is 2.31. The molecule has 1 amide bonds. The number of alkyl halides is 3. The molecule has 0 radical (unpaired) electrons. The summed E-state index contributed by atoms with van der Waals surface area (Å²) in [5, 5.41) is 0. The summed E-state index contributed by atoms with van der Waals surface area (Å²) in [4.78, 5) is 22.2. The predicted octanol–water partition coefficient (Wildman–Crippen LogP) is 0.716. The molecule has 0 N–H and O–H groups in total. The van der Waals surface area contributed by atoms with E-state index in [1.54, 1.807) is 4.90 Å². The third kappa shape index (κ3) is 5.82. The largest absolute Gasteiger partial charge is 0.417 e. The maximum absolute atomic E-state index is 12.7. The van der Waals surface area contributed by atoms with Crippen LogP contribution in [0.1, 0.15) is 12.0 Å². The van der Waals surface area contributed by atoms with Gasteiger partial charge in [-0.3, -0.25) is 9.69 Å². The summed E-state index contributed by atoms with van der Waals surface area (Å²) in [6.45, 7) is 4.11. The first-order valence-electron chi connectivity index (χ1n) is 9.77. The normalized spacial score (nSPS) is 20.3. The minimum absolute atomic E-state index is 0.0377. The van der Waals surface area contributed by atoms with Crippen LogP contribution < -0.4 is 4.90 Å². The van der Waals surface area contributed by atoms with Crippen LogP contribution in [-0.2, 0) is 21.0 Å². The van der Waals surface area contributed by atoms with Gasteiger partial charge in [-0.2, -0.15) is 17.5 Å². The third-order valence-corrected chi connectivity index (χ3v) is 6.71. The molecule has 12 heteroatoms. The van der Waals surface area contributed by atoms with E-state index < -0.39 is 21.8 Å². The molecule has 1 aromatic rings. The highest BCUT2D eigenvalue weighted by Crippen LogP contribution is 2.29. The Bertz CT molecular complexity index is 840. The average Bonchev–Trinajstić information content (AvgIpc) is 2.92. The molecule has 168 valence electrons. The van der Waals surface area contributed by atoms with E-state index in [9.17, 15) is 26.4 Å². The number of halogens is 3. The van der Waals surface area contributed by atoms with Gasteiger partial charge in [0, 0.05) is 58.6 Å². The van der Waals surface area contributed by atoms with Crippen molar-refractivity contribution in [1.82, 2.24) is 19.1 Å². The lowest BCUT2D eigenvalue weighted by Gasteiger charge is -2.34. The number of hydrogen-bond donors (Lipinski definition) is 0. The van der Waals surface area contributed by atoms with Crippen molar-refractivity contribution in [3.05, 3.63) is 23.9 Å². The molecule has 0 saturated carbocycles. The molecule has 2 saturated heterocycles. The van der Waals surface area contributed by atoms with Crippen molar-refractivity contribution in [1.29, 1.82) is 0 Å². The van der Waals surface area contributed by atoms with E-state index in [1.807, 2.05) is 9.80 Å². The van der Waals surface area contributed by atoms with Crippen LogP contribution in [0.15, 0.2) is 18.3 Å². The molecule has 1 aromatic heterocycles. The molecule has 0 aliphatic carbocycles. The average molecular weight is 449 g/mol. The Morgan fingerprint density at radius 1 is 1.03 bits per heavy atom. The minimum Gasteiger partial charge on any atom is -0.355 e. The van der Waals surface area contributed by atoms with E-state index in [2.05, 4.69) is 4.98 Å². The van der Waals surface area contributed by atoms with Crippen LogP contribution in [0.4, 0.5) is 19.0 Å². The maximum atomic E-state index is 12.7. The van der Waals surface area contributed by atoms with Gasteiger partial charge >= 0.3 is 6.18 Å². The summed E-state index contributed by atoms with van der Waals surface area (Å²) in [6.07, 6.45) is -1.64. The Labute approximate surface area is 174 Å². The standard InChI is InChI=1S/C18H26F3N5O3S/c1-30(28,29)26-11-9-25(10-12-26)17(27)14-23-5-2-6-24(8-7-23)16-4-3-15(13-22-16)18(19,20)21/h3-4,13H,2,5-12,14H2,1H3. The monoisotopic (exact) mass is 449 g/mol. The summed E-state index contributed by atoms with van der Waals surface area (Å²) >= 11 is 0. The quantitative estimate of drug-likeness (QED) is 0.674. The molecule has 3 heterocycles. The second-order valence-corrected chi connectivity index (χ2v) is 9.54. The van der Waals surface area contributed by atoms with Gasteiger partial charge in [0.05, 0.1) is 18.4 Å². The van der Waals surface area contributed by atoms with Gasteiger partial charge in [-0.1, -0.05) is 0 Å². The first-order valence-corrected chi connectivity index (χ1v) is 11.6. The van der Waals surface area contributed by atoms with Crippen LogP contribution in [0, 0.1) is 0 Å².